The molecule has 0 radical (unpaired) electrons. The van der Waals surface area contributed by atoms with Crippen molar-refractivity contribution in [2.75, 3.05) is 19.6 Å². The van der Waals surface area contributed by atoms with Crippen LogP contribution in [0.4, 0.5) is 0 Å². The van der Waals surface area contributed by atoms with Crippen molar-refractivity contribution in [2.45, 2.75) is 6.92 Å². The molecule has 0 spiro atoms. The van der Waals surface area contributed by atoms with Gasteiger partial charge in [0, 0.05) is 22.9 Å². The average molecular weight is 390 g/mol. The van der Waals surface area contributed by atoms with Crippen molar-refractivity contribution in [1.82, 2.24) is 10.6 Å². The molecule has 0 aliphatic rings. The first-order chi connectivity index (χ1) is 9.11. The summed E-state index contributed by atoms with van der Waals surface area (Å²) in [6.07, 6.45) is 0. The minimum Gasteiger partial charge on any atom is -0.450 e. The van der Waals surface area contributed by atoms with Crippen LogP contribution < -0.4 is 10.6 Å². The Morgan fingerprint density at radius 1 is 1.26 bits per heavy atom. The van der Waals surface area contributed by atoms with E-state index < -0.39 is 0 Å². The Balaban J connectivity index is 2.12. The summed E-state index contributed by atoms with van der Waals surface area (Å²) >= 11 is 6.83. The van der Waals surface area contributed by atoms with Gasteiger partial charge in [-0.05, 0) is 40.7 Å². The third-order valence-electron chi connectivity index (χ3n) is 2.60. The van der Waals surface area contributed by atoms with Crippen molar-refractivity contribution in [1.29, 1.82) is 0 Å². The second-order valence-electron chi connectivity index (χ2n) is 4.03. The molecule has 0 atom stereocenters. The predicted molar refractivity (Wildman–Crippen MR) is 82.5 cm³/mol. The number of rotatable bonds is 5. The fraction of sp³-hybridized carbons (Fsp3) is 0.308. The highest BCUT2D eigenvalue weighted by Crippen LogP contribution is 2.30. The summed E-state index contributed by atoms with van der Waals surface area (Å²) in [7, 11) is 0. The van der Waals surface area contributed by atoms with Gasteiger partial charge in [-0.1, -0.05) is 22.9 Å². The number of carbonyl (C=O) groups excluding carboxylic acids is 1. The lowest BCUT2D eigenvalue weighted by molar-refractivity contribution is 0.0928. The van der Waals surface area contributed by atoms with Crippen molar-refractivity contribution in [3.8, 4) is 0 Å². The van der Waals surface area contributed by atoms with Crippen LogP contribution in [0.2, 0.25) is 0 Å². The van der Waals surface area contributed by atoms with Gasteiger partial charge in [0.25, 0.3) is 5.91 Å². The third kappa shape index (κ3) is 3.58. The van der Waals surface area contributed by atoms with Crippen molar-refractivity contribution in [2.24, 2.45) is 0 Å². The molecule has 6 heteroatoms. The van der Waals surface area contributed by atoms with Gasteiger partial charge in [0.1, 0.15) is 5.58 Å². The number of hydrogen-bond acceptors (Lipinski definition) is 3. The van der Waals surface area contributed by atoms with Crippen molar-refractivity contribution >= 4 is 48.7 Å². The van der Waals surface area contributed by atoms with E-state index in [0.717, 1.165) is 27.4 Å². The van der Waals surface area contributed by atoms with E-state index in [2.05, 4.69) is 42.5 Å². The van der Waals surface area contributed by atoms with Crippen LogP contribution in [0.25, 0.3) is 11.0 Å². The zero-order chi connectivity index (χ0) is 13.8. The fourth-order valence-electron chi connectivity index (χ4n) is 1.72. The maximum absolute atomic E-state index is 11.9. The second-order valence-corrected chi connectivity index (χ2v) is 5.80. The van der Waals surface area contributed by atoms with Gasteiger partial charge in [0.05, 0.1) is 4.47 Å². The van der Waals surface area contributed by atoms with Gasteiger partial charge < -0.3 is 15.1 Å². The molecule has 19 heavy (non-hydrogen) atoms. The molecule has 1 aromatic carbocycles. The normalized spacial score (nSPS) is 10.9. The molecule has 1 amide bonds. The van der Waals surface area contributed by atoms with Gasteiger partial charge in [0.2, 0.25) is 0 Å². The molecular weight excluding hydrogens is 376 g/mol. The fourth-order valence-corrected chi connectivity index (χ4v) is 3.06. The first-order valence-corrected chi connectivity index (χ1v) is 7.58. The first-order valence-electron chi connectivity index (χ1n) is 5.99. The molecule has 0 aliphatic carbocycles. The van der Waals surface area contributed by atoms with E-state index in [1.807, 2.05) is 19.1 Å². The van der Waals surface area contributed by atoms with Crippen LogP contribution in [0.1, 0.15) is 17.5 Å². The molecule has 2 N–H and O–H groups in total. The van der Waals surface area contributed by atoms with Crippen LogP contribution in [-0.2, 0) is 0 Å². The Labute approximate surface area is 128 Å². The zero-order valence-electron chi connectivity index (χ0n) is 10.4. The van der Waals surface area contributed by atoms with E-state index in [-0.39, 0.29) is 5.91 Å². The average Bonchev–Trinajstić information content (AvgIpc) is 2.78. The summed E-state index contributed by atoms with van der Waals surface area (Å²) < 4.78 is 7.33. The van der Waals surface area contributed by atoms with Crippen molar-refractivity contribution in [3.63, 3.8) is 0 Å². The Kier molecular flexibility index (Phi) is 5.01. The van der Waals surface area contributed by atoms with Crippen molar-refractivity contribution < 1.29 is 9.21 Å². The van der Waals surface area contributed by atoms with Gasteiger partial charge >= 0.3 is 0 Å². The molecule has 1 heterocycles. The monoisotopic (exact) mass is 388 g/mol. The molecule has 0 saturated carbocycles. The number of halogens is 2. The highest BCUT2D eigenvalue weighted by atomic mass is 79.9. The quantitative estimate of drug-likeness (QED) is 0.771. The number of nitrogens with one attached hydrogen (secondary N) is 2. The SMILES string of the molecule is CCNCCNC(=O)c1cc2cc(Br)cc(Br)c2o1. The molecule has 0 saturated heterocycles. The van der Waals surface area contributed by atoms with E-state index >= 15 is 0 Å². The molecule has 102 valence electrons. The zero-order valence-corrected chi connectivity index (χ0v) is 13.6. The van der Waals surface area contributed by atoms with Gasteiger partial charge in [0.15, 0.2) is 5.76 Å². The molecule has 2 rings (SSSR count). The van der Waals surface area contributed by atoms with E-state index in [1.54, 1.807) is 6.07 Å². The number of hydrogen-bond donors (Lipinski definition) is 2. The summed E-state index contributed by atoms with van der Waals surface area (Å²) in [5.74, 6) is 0.127. The predicted octanol–water partition coefficient (Wildman–Crippen LogP) is 3.30. The number of amides is 1. The number of likely N-dealkylation sites (N-methyl/N-ethyl adjacent to an activating group) is 1. The lowest BCUT2D eigenvalue weighted by Gasteiger charge is -2.02. The largest absolute Gasteiger partial charge is 0.450 e. The Hall–Kier alpha value is -0.850. The van der Waals surface area contributed by atoms with Crippen molar-refractivity contribution in [3.05, 3.63) is 32.9 Å². The second kappa shape index (κ2) is 6.54. The van der Waals surface area contributed by atoms with Gasteiger partial charge in [-0.3, -0.25) is 4.79 Å². The summed E-state index contributed by atoms with van der Waals surface area (Å²) in [5.41, 5.74) is 0.681. The minimum atomic E-state index is -0.197. The number of furan rings is 1. The molecular formula is C13H14Br2N2O2. The van der Waals surface area contributed by atoms with E-state index in [4.69, 9.17) is 4.42 Å². The Morgan fingerprint density at radius 3 is 2.79 bits per heavy atom. The number of benzene rings is 1. The van der Waals surface area contributed by atoms with E-state index in [0.29, 0.717) is 17.9 Å². The molecule has 0 aliphatic heterocycles. The minimum absolute atomic E-state index is 0.197. The van der Waals surface area contributed by atoms with Gasteiger partial charge in [-0.15, -0.1) is 0 Å². The Morgan fingerprint density at radius 2 is 2.05 bits per heavy atom. The van der Waals surface area contributed by atoms with Crippen LogP contribution in [0.15, 0.2) is 31.6 Å². The van der Waals surface area contributed by atoms with Crippen LogP contribution in [0.5, 0.6) is 0 Å². The maximum atomic E-state index is 11.9. The van der Waals surface area contributed by atoms with E-state index in [1.165, 1.54) is 0 Å². The Bertz CT molecular complexity index is 596. The van der Waals surface area contributed by atoms with Crippen LogP contribution >= 0.6 is 31.9 Å². The van der Waals surface area contributed by atoms with Gasteiger partial charge in [-0.25, -0.2) is 0 Å². The summed E-state index contributed by atoms with van der Waals surface area (Å²) in [4.78, 5) is 11.9. The maximum Gasteiger partial charge on any atom is 0.287 e. The topological polar surface area (TPSA) is 54.3 Å². The highest BCUT2D eigenvalue weighted by molar-refractivity contribution is 9.11. The highest BCUT2D eigenvalue weighted by Gasteiger charge is 2.13. The standard InChI is InChI=1S/C13H14Br2N2O2/c1-2-16-3-4-17-13(18)11-6-8-5-9(14)7-10(15)12(8)19-11/h5-7,16H,2-4H2,1H3,(H,17,18). The van der Waals surface area contributed by atoms with Gasteiger partial charge in [-0.2, -0.15) is 0 Å². The number of fused-ring (bicyclic) bond motifs is 1. The molecule has 0 fully saturated rings. The summed E-state index contributed by atoms with van der Waals surface area (Å²) in [5, 5.41) is 6.83. The third-order valence-corrected chi connectivity index (χ3v) is 3.64. The summed E-state index contributed by atoms with van der Waals surface area (Å²) in [6.45, 7) is 4.24. The van der Waals surface area contributed by atoms with Crippen LogP contribution in [0, 0.1) is 0 Å². The molecule has 0 unspecified atom stereocenters. The summed E-state index contributed by atoms with van der Waals surface area (Å²) in [6, 6.07) is 5.55. The van der Waals surface area contributed by atoms with E-state index in [9.17, 15) is 4.79 Å². The lowest BCUT2D eigenvalue weighted by Crippen LogP contribution is -2.31. The first kappa shape index (κ1) is 14.6. The number of carbonyl (C=O) groups is 1. The lowest BCUT2D eigenvalue weighted by atomic mass is 10.2. The molecule has 1 aromatic heterocycles. The van der Waals surface area contributed by atoms with Crippen LogP contribution in [-0.4, -0.2) is 25.5 Å². The van der Waals surface area contributed by atoms with Crippen LogP contribution in [0.3, 0.4) is 0 Å². The molecule has 0 bridgehead atoms. The molecule has 2 aromatic rings. The smallest absolute Gasteiger partial charge is 0.287 e. The molecule has 4 nitrogen and oxygen atoms in total.